The average Bonchev–Trinajstić information content (AvgIpc) is 3.16. The Hall–Kier alpha value is -2.77. The number of carbonyl (C=O) groups excluding carboxylic acids is 1. The van der Waals surface area contributed by atoms with Crippen LogP contribution in [0, 0.1) is 0 Å². The van der Waals surface area contributed by atoms with Gasteiger partial charge in [-0.2, -0.15) is 4.31 Å². The largest absolute Gasteiger partial charge is 0.352 e. The van der Waals surface area contributed by atoms with Gasteiger partial charge >= 0.3 is 0 Å². The first-order chi connectivity index (χ1) is 13.4. The van der Waals surface area contributed by atoms with Gasteiger partial charge in [0.05, 0.1) is 10.4 Å². The minimum absolute atomic E-state index is 0.139. The molecule has 1 N–H and O–H groups in total. The highest BCUT2D eigenvalue weighted by atomic mass is 32.2. The van der Waals surface area contributed by atoms with Crippen LogP contribution in [0.3, 0.4) is 0 Å². The van der Waals surface area contributed by atoms with Crippen molar-refractivity contribution in [3.8, 4) is 11.1 Å². The van der Waals surface area contributed by atoms with E-state index in [1.807, 2.05) is 36.4 Å². The lowest BCUT2D eigenvalue weighted by Crippen LogP contribution is -2.37. The molecule has 144 valence electrons. The van der Waals surface area contributed by atoms with Gasteiger partial charge in [-0.05, 0) is 36.2 Å². The second-order valence-electron chi connectivity index (χ2n) is 6.99. The maximum atomic E-state index is 13.1. The topological polar surface area (TPSA) is 79.4 Å². The van der Waals surface area contributed by atoms with Gasteiger partial charge in [0.2, 0.25) is 15.9 Å². The molecular weight excluding hydrogens is 374 g/mol. The molecule has 2 heterocycles. The Morgan fingerprint density at radius 2 is 1.93 bits per heavy atom. The van der Waals surface area contributed by atoms with Gasteiger partial charge in [0.1, 0.15) is 0 Å². The molecule has 1 aliphatic heterocycles. The summed E-state index contributed by atoms with van der Waals surface area (Å²) in [6.45, 7) is 2.14. The minimum Gasteiger partial charge on any atom is -0.352 e. The summed E-state index contributed by atoms with van der Waals surface area (Å²) in [4.78, 5) is 16.0. The maximum absolute atomic E-state index is 13.1. The summed E-state index contributed by atoms with van der Waals surface area (Å²) in [6.07, 6.45) is 2.38. The Morgan fingerprint density at radius 3 is 2.75 bits per heavy atom. The van der Waals surface area contributed by atoms with Gasteiger partial charge in [-0.15, -0.1) is 0 Å². The van der Waals surface area contributed by atoms with Crippen LogP contribution in [-0.2, 0) is 14.8 Å². The third-order valence-corrected chi connectivity index (χ3v) is 6.82. The van der Waals surface area contributed by atoms with Gasteiger partial charge in [-0.1, -0.05) is 30.3 Å². The van der Waals surface area contributed by atoms with E-state index < -0.39 is 10.0 Å². The molecule has 1 aliphatic rings. The fourth-order valence-electron chi connectivity index (χ4n) is 3.57. The lowest BCUT2D eigenvalue weighted by atomic mass is 10.1. The molecule has 0 aliphatic carbocycles. The Bertz CT molecular complexity index is 1140. The average molecular weight is 395 g/mol. The molecule has 28 heavy (non-hydrogen) atoms. The quantitative estimate of drug-likeness (QED) is 0.737. The normalized spacial score (nSPS) is 17.7. The van der Waals surface area contributed by atoms with E-state index in [-0.39, 0.29) is 16.8 Å². The molecule has 6 nitrogen and oxygen atoms in total. The molecule has 2 aromatic carbocycles. The van der Waals surface area contributed by atoms with Crippen molar-refractivity contribution in [3.05, 3.63) is 60.8 Å². The van der Waals surface area contributed by atoms with Crippen LogP contribution in [0.25, 0.3) is 22.0 Å². The molecule has 0 radical (unpaired) electrons. The maximum Gasteiger partial charge on any atom is 0.243 e. The summed E-state index contributed by atoms with van der Waals surface area (Å²) in [7, 11) is -3.62. The highest BCUT2D eigenvalue weighted by Crippen LogP contribution is 2.27. The molecule has 0 spiro atoms. The fraction of sp³-hybridized carbons (Fsp3) is 0.238. The molecule has 3 aromatic rings. The molecule has 7 heteroatoms. The summed E-state index contributed by atoms with van der Waals surface area (Å²) in [5, 5.41) is 3.80. The predicted octanol–water partition coefficient (Wildman–Crippen LogP) is 2.80. The van der Waals surface area contributed by atoms with E-state index >= 15 is 0 Å². The number of carbonyl (C=O) groups is 1. The summed E-state index contributed by atoms with van der Waals surface area (Å²) in [5.74, 6) is -0.143. The van der Waals surface area contributed by atoms with Crippen molar-refractivity contribution >= 4 is 26.8 Å². The third-order valence-electron chi connectivity index (χ3n) is 4.95. The molecule has 1 saturated heterocycles. The summed E-state index contributed by atoms with van der Waals surface area (Å²) in [5.41, 5.74) is 2.57. The molecule has 1 unspecified atom stereocenters. The second-order valence-corrected chi connectivity index (χ2v) is 8.93. The van der Waals surface area contributed by atoms with Crippen LogP contribution in [0.1, 0.15) is 13.3 Å². The zero-order valence-corrected chi connectivity index (χ0v) is 16.3. The number of sulfonamides is 1. The van der Waals surface area contributed by atoms with Gasteiger partial charge in [0.25, 0.3) is 0 Å². The first-order valence-electron chi connectivity index (χ1n) is 9.16. The van der Waals surface area contributed by atoms with Crippen LogP contribution in [-0.4, -0.2) is 42.7 Å². The Morgan fingerprint density at radius 1 is 1.11 bits per heavy atom. The van der Waals surface area contributed by atoms with Crippen molar-refractivity contribution in [2.24, 2.45) is 0 Å². The van der Waals surface area contributed by atoms with Crippen molar-refractivity contribution in [2.75, 3.05) is 13.1 Å². The summed E-state index contributed by atoms with van der Waals surface area (Å²) >= 11 is 0. The third kappa shape index (κ3) is 3.63. The Balaban J connectivity index is 1.63. The van der Waals surface area contributed by atoms with Gasteiger partial charge < -0.3 is 5.32 Å². The number of pyridine rings is 1. The van der Waals surface area contributed by atoms with E-state index in [0.717, 1.165) is 22.0 Å². The Kier molecular flexibility index (Phi) is 4.87. The number of rotatable bonds is 4. The summed E-state index contributed by atoms with van der Waals surface area (Å²) in [6, 6.07) is 16.6. The van der Waals surface area contributed by atoms with Gasteiger partial charge in [0, 0.05) is 43.2 Å². The van der Waals surface area contributed by atoms with E-state index in [0.29, 0.717) is 19.5 Å². The van der Waals surface area contributed by atoms with Crippen molar-refractivity contribution in [3.63, 3.8) is 0 Å². The van der Waals surface area contributed by atoms with Crippen molar-refractivity contribution in [1.29, 1.82) is 0 Å². The lowest BCUT2D eigenvalue weighted by molar-refractivity contribution is -0.119. The van der Waals surface area contributed by atoms with Crippen LogP contribution >= 0.6 is 0 Å². The molecule has 1 atom stereocenters. The van der Waals surface area contributed by atoms with Gasteiger partial charge in [-0.3, -0.25) is 9.78 Å². The minimum atomic E-state index is -3.62. The zero-order chi connectivity index (χ0) is 19.7. The van der Waals surface area contributed by atoms with E-state index in [9.17, 15) is 13.2 Å². The van der Waals surface area contributed by atoms with Crippen LogP contribution in [0.2, 0.25) is 0 Å². The number of nitrogens with zero attached hydrogens (tertiary/aromatic N) is 2. The molecular formula is C21H21N3O3S. The van der Waals surface area contributed by atoms with Gasteiger partial charge in [0.15, 0.2) is 0 Å². The second kappa shape index (κ2) is 7.33. The highest BCUT2D eigenvalue weighted by Gasteiger charge is 2.33. The number of amides is 1. The number of hydrogen-bond acceptors (Lipinski definition) is 4. The molecule has 4 rings (SSSR count). The van der Waals surface area contributed by atoms with E-state index in [2.05, 4.69) is 10.3 Å². The lowest BCUT2D eigenvalue weighted by Gasteiger charge is -2.17. The number of nitrogens with one attached hydrogen (secondary N) is 1. The summed E-state index contributed by atoms with van der Waals surface area (Å²) < 4.78 is 27.6. The van der Waals surface area contributed by atoms with Crippen molar-refractivity contribution in [2.45, 2.75) is 24.3 Å². The number of aromatic nitrogens is 1. The first-order valence-corrected chi connectivity index (χ1v) is 10.6. The standard InChI is InChI=1S/C21H21N3O3S/c1-15(25)23-19-9-10-24(14-19)28(26,27)20-7-4-6-16(12-20)18-11-17-5-2-3-8-21(17)22-13-18/h2-8,11-13,19H,9-10,14H2,1H3,(H,23,25). The van der Waals surface area contributed by atoms with Crippen molar-refractivity contribution in [1.82, 2.24) is 14.6 Å². The van der Waals surface area contributed by atoms with Crippen molar-refractivity contribution < 1.29 is 13.2 Å². The number of benzene rings is 2. The van der Waals surface area contributed by atoms with Crippen LogP contribution in [0.5, 0.6) is 0 Å². The van der Waals surface area contributed by atoms with Gasteiger partial charge in [-0.25, -0.2) is 8.42 Å². The number of hydrogen-bond donors (Lipinski definition) is 1. The van der Waals surface area contributed by atoms with E-state index in [1.54, 1.807) is 24.4 Å². The van der Waals surface area contributed by atoms with E-state index in [1.165, 1.54) is 11.2 Å². The predicted molar refractivity (Wildman–Crippen MR) is 108 cm³/mol. The first kappa shape index (κ1) is 18.6. The molecule has 1 fully saturated rings. The van der Waals surface area contributed by atoms with E-state index in [4.69, 9.17) is 0 Å². The smallest absolute Gasteiger partial charge is 0.243 e. The Labute approximate surface area is 164 Å². The van der Waals surface area contributed by atoms with Crippen LogP contribution in [0.4, 0.5) is 0 Å². The number of fused-ring (bicyclic) bond motifs is 1. The highest BCUT2D eigenvalue weighted by molar-refractivity contribution is 7.89. The molecule has 0 bridgehead atoms. The molecule has 1 aromatic heterocycles. The van der Waals surface area contributed by atoms with Crippen LogP contribution in [0.15, 0.2) is 65.7 Å². The SMILES string of the molecule is CC(=O)NC1CCN(S(=O)(=O)c2cccc(-c3cnc4ccccc4c3)c2)C1. The molecule has 1 amide bonds. The monoisotopic (exact) mass is 395 g/mol. The fourth-order valence-corrected chi connectivity index (χ4v) is 5.11. The molecule has 0 saturated carbocycles. The number of para-hydroxylation sites is 1. The zero-order valence-electron chi connectivity index (χ0n) is 15.5. The van der Waals surface area contributed by atoms with Crippen LogP contribution < -0.4 is 5.32 Å².